The fraction of sp³-hybridized carbons (Fsp3) is 0.312. The number of nitrogens with two attached hydrogens (primary N) is 1. The Morgan fingerprint density at radius 1 is 1.30 bits per heavy atom. The number of benzene rings is 2. The second-order valence-corrected chi connectivity index (χ2v) is 4.91. The van der Waals surface area contributed by atoms with Crippen LogP contribution in [0.4, 0.5) is 0 Å². The molecule has 4 heteroatoms. The fourth-order valence-electron chi connectivity index (χ4n) is 2.11. The highest BCUT2D eigenvalue weighted by Gasteiger charge is 2.12. The topological polar surface area (TPSA) is 64.3 Å². The maximum absolute atomic E-state index is 11.1. The summed E-state index contributed by atoms with van der Waals surface area (Å²) in [6.45, 7) is 2.77. The number of amides is 1. The summed E-state index contributed by atoms with van der Waals surface area (Å²) in [5, 5.41) is 5.49. The van der Waals surface area contributed by atoms with E-state index in [0.717, 1.165) is 16.7 Å². The normalized spacial score (nSPS) is 12.3. The third kappa shape index (κ3) is 3.08. The largest absolute Gasteiger partial charge is 0.492 e. The molecule has 0 bridgehead atoms. The maximum Gasteiger partial charge on any atom is 0.223 e. The van der Waals surface area contributed by atoms with Crippen LogP contribution in [0.15, 0.2) is 36.4 Å². The maximum atomic E-state index is 11.1. The number of hydrogen-bond acceptors (Lipinski definition) is 3. The van der Waals surface area contributed by atoms with Gasteiger partial charge in [0.25, 0.3) is 0 Å². The van der Waals surface area contributed by atoms with E-state index >= 15 is 0 Å². The molecule has 2 aromatic carbocycles. The molecule has 0 aliphatic heterocycles. The average molecular weight is 272 g/mol. The SMILES string of the molecule is CNCc1c(OCC(C)C(N)=O)ccc2ccccc12. The summed E-state index contributed by atoms with van der Waals surface area (Å²) in [6, 6.07) is 12.1. The summed E-state index contributed by atoms with van der Waals surface area (Å²) in [6.07, 6.45) is 0. The summed E-state index contributed by atoms with van der Waals surface area (Å²) in [5.41, 5.74) is 6.36. The number of rotatable bonds is 6. The first-order valence-corrected chi connectivity index (χ1v) is 6.71. The lowest BCUT2D eigenvalue weighted by Crippen LogP contribution is -2.26. The lowest BCUT2D eigenvalue weighted by Gasteiger charge is -2.15. The number of carbonyl (C=O) groups excluding carboxylic acids is 1. The van der Waals surface area contributed by atoms with Crippen LogP contribution in [-0.2, 0) is 11.3 Å². The van der Waals surface area contributed by atoms with Crippen LogP contribution in [0.25, 0.3) is 10.8 Å². The highest BCUT2D eigenvalue weighted by molar-refractivity contribution is 5.87. The van der Waals surface area contributed by atoms with Crippen LogP contribution in [0.5, 0.6) is 5.75 Å². The molecule has 4 nitrogen and oxygen atoms in total. The van der Waals surface area contributed by atoms with Crippen molar-refractivity contribution in [1.29, 1.82) is 0 Å². The first-order valence-electron chi connectivity index (χ1n) is 6.71. The van der Waals surface area contributed by atoms with E-state index in [9.17, 15) is 4.79 Å². The van der Waals surface area contributed by atoms with Gasteiger partial charge in [0.2, 0.25) is 5.91 Å². The Bertz CT molecular complexity index is 610. The van der Waals surface area contributed by atoms with Gasteiger partial charge in [-0.15, -0.1) is 0 Å². The predicted molar refractivity (Wildman–Crippen MR) is 80.6 cm³/mol. The summed E-state index contributed by atoms with van der Waals surface area (Å²) < 4.78 is 5.78. The van der Waals surface area contributed by atoms with Crippen LogP contribution in [0, 0.1) is 5.92 Å². The molecule has 0 radical (unpaired) electrons. The van der Waals surface area contributed by atoms with Crippen LogP contribution in [0.2, 0.25) is 0 Å². The van der Waals surface area contributed by atoms with Gasteiger partial charge in [-0.05, 0) is 23.9 Å². The molecule has 1 amide bonds. The van der Waals surface area contributed by atoms with Crippen molar-refractivity contribution >= 4 is 16.7 Å². The molecule has 2 rings (SSSR count). The summed E-state index contributed by atoms with van der Waals surface area (Å²) in [4.78, 5) is 11.1. The smallest absolute Gasteiger partial charge is 0.223 e. The van der Waals surface area contributed by atoms with Gasteiger partial charge in [0.1, 0.15) is 5.75 Å². The zero-order valence-electron chi connectivity index (χ0n) is 11.8. The third-order valence-corrected chi connectivity index (χ3v) is 3.33. The second kappa shape index (κ2) is 6.39. The van der Waals surface area contributed by atoms with E-state index in [4.69, 9.17) is 10.5 Å². The number of ether oxygens (including phenoxy) is 1. The molecular formula is C16H20N2O2. The second-order valence-electron chi connectivity index (χ2n) is 4.91. The van der Waals surface area contributed by atoms with Gasteiger partial charge < -0.3 is 15.8 Å². The van der Waals surface area contributed by atoms with E-state index < -0.39 is 0 Å². The van der Waals surface area contributed by atoms with E-state index in [1.165, 1.54) is 5.39 Å². The zero-order chi connectivity index (χ0) is 14.5. The molecular weight excluding hydrogens is 252 g/mol. The van der Waals surface area contributed by atoms with Crippen molar-refractivity contribution in [3.8, 4) is 5.75 Å². The van der Waals surface area contributed by atoms with Gasteiger partial charge in [0, 0.05) is 12.1 Å². The molecule has 0 aliphatic carbocycles. The molecule has 0 aromatic heterocycles. The molecule has 0 aliphatic rings. The third-order valence-electron chi connectivity index (χ3n) is 3.33. The molecule has 0 heterocycles. The first kappa shape index (κ1) is 14.3. The van der Waals surface area contributed by atoms with Gasteiger partial charge in [-0.1, -0.05) is 37.3 Å². The Balaban J connectivity index is 2.32. The van der Waals surface area contributed by atoms with Gasteiger partial charge in [0.05, 0.1) is 12.5 Å². The van der Waals surface area contributed by atoms with Crippen molar-refractivity contribution in [2.24, 2.45) is 11.7 Å². The van der Waals surface area contributed by atoms with Crippen LogP contribution in [-0.4, -0.2) is 19.6 Å². The van der Waals surface area contributed by atoms with Gasteiger partial charge >= 0.3 is 0 Å². The van der Waals surface area contributed by atoms with Crippen molar-refractivity contribution in [2.75, 3.05) is 13.7 Å². The number of primary amides is 1. The molecule has 1 atom stereocenters. The monoisotopic (exact) mass is 272 g/mol. The van der Waals surface area contributed by atoms with Gasteiger partial charge in [-0.25, -0.2) is 0 Å². The van der Waals surface area contributed by atoms with Gasteiger partial charge in [-0.2, -0.15) is 0 Å². The van der Waals surface area contributed by atoms with Crippen LogP contribution >= 0.6 is 0 Å². The van der Waals surface area contributed by atoms with Crippen molar-refractivity contribution in [3.05, 3.63) is 42.0 Å². The van der Waals surface area contributed by atoms with Crippen LogP contribution < -0.4 is 15.8 Å². The molecule has 20 heavy (non-hydrogen) atoms. The highest BCUT2D eigenvalue weighted by atomic mass is 16.5. The first-order chi connectivity index (χ1) is 9.63. The molecule has 0 saturated carbocycles. The van der Waals surface area contributed by atoms with Gasteiger partial charge in [0.15, 0.2) is 0 Å². The predicted octanol–water partition coefficient (Wildman–Crippen LogP) is 2.06. The quantitative estimate of drug-likeness (QED) is 0.846. The van der Waals surface area contributed by atoms with Gasteiger partial charge in [-0.3, -0.25) is 4.79 Å². The molecule has 0 spiro atoms. The number of fused-ring (bicyclic) bond motifs is 1. The number of nitrogens with one attached hydrogen (secondary N) is 1. The summed E-state index contributed by atoms with van der Waals surface area (Å²) in [5.74, 6) is 0.149. The van der Waals surface area contributed by atoms with E-state index in [-0.39, 0.29) is 11.8 Å². The molecule has 0 fully saturated rings. The van der Waals surface area contributed by atoms with Crippen molar-refractivity contribution in [2.45, 2.75) is 13.5 Å². The Morgan fingerprint density at radius 3 is 2.75 bits per heavy atom. The lowest BCUT2D eigenvalue weighted by atomic mass is 10.0. The molecule has 106 valence electrons. The van der Waals surface area contributed by atoms with Crippen molar-refractivity contribution in [1.82, 2.24) is 5.32 Å². The standard InChI is InChI=1S/C16H20N2O2/c1-11(16(17)19)10-20-15-8-7-12-5-3-4-6-13(12)14(15)9-18-2/h3-8,11,18H,9-10H2,1-2H3,(H2,17,19). The van der Waals surface area contributed by atoms with Crippen molar-refractivity contribution in [3.63, 3.8) is 0 Å². The molecule has 0 saturated heterocycles. The average Bonchev–Trinajstić information content (AvgIpc) is 2.46. The minimum atomic E-state index is -0.346. The summed E-state index contributed by atoms with van der Waals surface area (Å²) in [7, 11) is 1.90. The van der Waals surface area contributed by atoms with Crippen LogP contribution in [0.1, 0.15) is 12.5 Å². The number of hydrogen-bond donors (Lipinski definition) is 2. The lowest BCUT2D eigenvalue weighted by molar-refractivity contribution is -0.122. The van der Waals surface area contributed by atoms with E-state index in [2.05, 4.69) is 17.4 Å². The van der Waals surface area contributed by atoms with Crippen LogP contribution in [0.3, 0.4) is 0 Å². The van der Waals surface area contributed by atoms with Crippen molar-refractivity contribution < 1.29 is 9.53 Å². The highest BCUT2D eigenvalue weighted by Crippen LogP contribution is 2.28. The Hall–Kier alpha value is -2.07. The van der Waals surface area contributed by atoms with E-state index in [0.29, 0.717) is 13.2 Å². The Kier molecular flexibility index (Phi) is 4.58. The number of carbonyl (C=O) groups is 1. The van der Waals surface area contributed by atoms with E-state index in [1.807, 2.05) is 31.3 Å². The summed E-state index contributed by atoms with van der Waals surface area (Å²) >= 11 is 0. The molecule has 3 N–H and O–H groups in total. The Labute approximate surface area is 118 Å². The Morgan fingerprint density at radius 2 is 2.05 bits per heavy atom. The molecule has 2 aromatic rings. The minimum absolute atomic E-state index is 0.296. The fourth-order valence-corrected chi connectivity index (χ4v) is 2.11. The minimum Gasteiger partial charge on any atom is -0.492 e. The molecule has 1 unspecified atom stereocenters. The zero-order valence-corrected chi connectivity index (χ0v) is 11.8. The van der Waals surface area contributed by atoms with E-state index in [1.54, 1.807) is 6.92 Å².